The number of rotatable bonds is 7. The van der Waals surface area contributed by atoms with Crippen molar-refractivity contribution in [2.75, 3.05) is 23.7 Å². The van der Waals surface area contributed by atoms with Crippen LogP contribution in [0.4, 0.5) is 20.7 Å². The Morgan fingerprint density at radius 3 is 2.22 bits per heavy atom. The van der Waals surface area contributed by atoms with Crippen molar-refractivity contribution in [3.05, 3.63) is 95.8 Å². The first-order chi connectivity index (χ1) is 17.4. The summed E-state index contributed by atoms with van der Waals surface area (Å²) in [7, 11) is 0. The fourth-order valence-corrected chi connectivity index (χ4v) is 3.88. The Balaban J connectivity index is 1.55. The van der Waals surface area contributed by atoms with Crippen LogP contribution in [0.1, 0.15) is 18.1 Å². The van der Waals surface area contributed by atoms with Crippen LogP contribution < -0.4 is 10.6 Å². The molecular weight excluding hydrogens is 457 g/mol. The maximum absolute atomic E-state index is 13.5. The number of urea groups is 1. The number of anilines is 2. The van der Waals surface area contributed by atoms with E-state index >= 15 is 0 Å². The fourth-order valence-electron chi connectivity index (χ4n) is 3.88. The van der Waals surface area contributed by atoms with Crippen molar-refractivity contribution >= 4 is 23.4 Å². The van der Waals surface area contributed by atoms with Crippen LogP contribution in [-0.2, 0) is 4.79 Å². The number of para-hydroxylation sites is 1. The van der Waals surface area contributed by atoms with E-state index in [1.807, 2.05) is 69.3 Å². The van der Waals surface area contributed by atoms with Gasteiger partial charge in [-0.2, -0.15) is 5.10 Å². The molecule has 0 saturated carbocycles. The van der Waals surface area contributed by atoms with Crippen molar-refractivity contribution in [2.24, 2.45) is 0 Å². The van der Waals surface area contributed by atoms with Gasteiger partial charge >= 0.3 is 6.03 Å². The van der Waals surface area contributed by atoms with Crippen molar-refractivity contribution in [3.8, 4) is 16.9 Å². The summed E-state index contributed by atoms with van der Waals surface area (Å²) in [6, 6.07) is 22.6. The second-order valence-electron chi connectivity index (χ2n) is 8.43. The molecule has 184 valence electrons. The van der Waals surface area contributed by atoms with Gasteiger partial charge < -0.3 is 15.5 Å². The molecule has 7 nitrogen and oxygen atoms in total. The maximum atomic E-state index is 13.5. The molecule has 0 aliphatic rings. The number of amides is 3. The summed E-state index contributed by atoms with van der Waals surface area (Å²) in [5, 5.41) is 10.4. The summed E-state index contributed by atoms with van der Waals surface area (Å²) in [5.41, 5.74) is 4.74. The average molecular weight is 486 g/mol. The molecule has 0 fully saturated rings. The number of halogens is 1. The molecule has 0 radical (unpaired) electrons. The van der Waals surface area contributed by atoms with Crippen LogP contribution in [0.5, 0.6) is 0 Å². The van der Waals surface area contributed by atoms with Gasteiger partial charge in [0.25, 0.3) is 0 Å². The van der Waals surface area contributed by atoms with E-state index in [0.717, 1.165) is 22.4 Å². The van der Waals surface area contributed by atoms with E-state index in [1.165, 1.54) is 17.0 Å². The molecule has 1 aromatic heterocycles. The number of benzene rings is 3. The topological polar surface area (TPSA) is 79.3 Å². The first-order valence-electron chi connectivity index (χ1n) is 11.7. The van der Waals surface area contributed by atoms with Crippen molar-refractivity contribution in [2.45, 2.75) is 20.8 Å². The van der Waals surface area contributed by atoms with Crippen LogP contribution >= 0.6 is 0 Å². The van der Waals surface area contributed by atoms with Gasteiger partial charge in [0, 0.05) is 23.9 Å². The molecule has 0 saturated heterocycles. The van der Waals surface area contributed by atoms with E-state index in [0.29, 0.717) is 23.7 Å². The Bertz CT molecular complexity index is 1350. The summed E-state index contributed by atoms with van der Waals surface area (Å²) < 4.78 is 15.1. The van der Waals surface area contributed by atoms with Crippen LogP contribution in [0.25, 0.3) is 16.9 Å². The number of aromatic nitrogens is 2. The third-order valence-electron chi connectivity index (χ3n) is 5.83. The third kappa shape index (κ3) is 5.60. The monoisotopic (exact) mass is 485 g/mol. The number of nitrogens with zero attached hydrogens (tertiary/aromatic N) is 3. The van der Waals surface area contributed by atoms with E-state index in [1.54, 1.807) is 22.9 Å². The Hall–Kier alpha value is -4.46. The molecule has 3 amide bonds. The minimum Gasteiger partial charge on any atom is -0.315 e. The predicted octanol–water partition coefficient (Wildman–Crippen LogP) is 5.79. The predicted molar refractivity (Wildman–Crippen MR) is 140 cm³/mol. The highest BCUT2D eigenvalue weighted by Gasteiger charge is 2.19. The first kappa shape index (κ1) is 24.7. The SMILES string of the molecule is CCN(CC(=O)Nc1cc(-c2ccccc2)nn1-c1ccc(F)cc1)C(=O)Nc1c(C)cccc1C. The summed E-state index contributed by atoms with van der Waals surface area (Å²) in [4.78, 5) is 27.4. The third-order valence-corrected chi connectivity index (χ3v) is 5.83. The highest BCUT2D eigenvalue weighted by Crippen LogP contribution is 2.25. The lowest BCUT2D eigenvalue weighted by Crippen LogP contribution is -2.40. The highest BCUT2D eigenvalue weighted by molar-refractivity contribution is 5.97. The molecule has 0 aliphatic carbocycles. The molecule has 3 aromatic carbocycles. The molecule has 0 aliphatic heterocycles. The normalized spacial score (nSPS) is 10.7. The first-order valence-corrected chi connectivity index (χ1v) is 11.7. The smallest absolute Gasteiger partial charge is 0.315 e. The van der Waals surface area contributed by atoms with Gasteiger partial charge in [-0.3, -0.25) is 4.79 Å². The van der Waals surface area contributed by atoms with E-state index in [4.69, 9.17) is 0 Å². The number of likely N-dealkylation sites (N-methyl/N-ethyl adjacent to an activating group) is 1. The van der Waals surface area contributed by atoms with Gasteiger partial charge in [0.2, 0.25) is 5.91 Å². The molecular formula is C28H28FN5O2. The maximum Gasteiger partial charge on any atom is 0.322 e. The number of nitrogens with one attached hydrogen (secondary N) is 2. The van der Waals surface area contributed by atoms with Crippen LogP contribution in [0, 0.1) is 19.7 Å². The highest BCUT2D eigenvalue weighted by atomic mass is 19.1. The van der Waals surface area contributed by atoms with Gasteiger partial charge in [0.05, 0.1) is 11.4 Å². The van der Waals surface area contributed by atoms with Crippen molar-refractivity contribution in [1.82, 2.24) is 14.7 Å². The Labute approximate surface area is 209 Å². The quantitative estimate of drug-likeness (QED) is 0.348. The van der Waals surface area contributed by atoms with Crippen LogP contribution in [-0.4, -0.2) is 39.7 Å². The standard InChI is InChI=1S/C28H28FN5O2/c1-4-33(28(36)31-27-19(2)9-8-10-20(27)3)18-26(35)30-25-17-24(21-11-6-5-7-12-21)32-34(25)23-15-13-22(29)14-16-23/h5-17H,4,18H2,1-3H3,(H,30,35)(H,31,36). The Morgan fingerprint density at radius 2 is 1.58 bits per heavy atom. The second-order valence-corrected chi connectivity index (χ2v) is 8.43. The van der Waals surface area contributed by atoms with Gasteiger partial charge in [-0.05, 0) is 56.2 Å². The van der Waals surface area contributed by atoms with E-state index < -0.39 is 0 Å². The lowest BCUT2D eigenvalue weighted by molar-refractivity contribution is -0.116. The van der Waals surface area contributed by atoms with Crippen LogP contribution in [0.2, 0.25) is 0 Å². The largest absolute Gasteiger partial charge is 0.322 e. The molecule has 8 heteroatoms. The molecule has 0 bridgehead atoms. The van der Waals surface area contributed by atoms with Gasteiger partial charge in [0.15, 0.2) is 0 Å². The molecule has 1 heterocycles. The van der Waals surface area contributed by atoms with Crippen LogP contribution in [0.15, 0.2) is 78.9 Å². The minimum atomic E-state index is -0.378. The lowest BCUT2D eigenvalue weighted by atomic mass is 10.1. The van der Waals surface area contributed by atoms with Crippen molar-refractivity contribution in [3.63, 3.8) is 0 Å². The Morgan fingerprint density at radius 1 is 0.917 bits per heavy atom. The molecule has 2 N–H and O–H groups in total. The summed E-state index contributed by atoms with van der Waals surface area (Å²) >= 11 is 0. The van der Waals surface area contributed by atoms with Crippen molar-refractivity contribution in [1.29, 1.82) is 0 Å². The number of aryl methyl sites for hydroxylation is 2. The molecule has 0 atom stereocenters. The minimum absolute atomic E-state index is 0.150. The lowest BCUT2D eigenvalue weighted by Gasteiger charge is -2.22. The summed E-state index contributed by atoms with van der Waals surface area (Å²) in [6.45, 7) is 5.85. The van der Waals surface area contributed by atoms with Gasteiger partial charge in [-0.1, -0.05) is 48.5 Å². The second kappa shape index (κ2) is 10.9. The van der Waals surface area contributed by atoms with E-state index in [9.17, 15) is 14.0 Å². The van der Waals surface area contributed by atoms with Crippen LogP contribution in [0.3, 0.4) is 0 Å². The average Bonchev–Trinajstić information content (AvgIpc) is 3.29. The van der Waals surface area contributed by atoms with E-state index in [-0.39, 0.29) is 24.3 Å². The number of carbonyl (C=O) groups excluding carboxylic acids is 2. The number of carbonyl (C=O) groups is 2. The zero-order valence-corrected chi connectivity index (χ0v) is 20.5. The van der Waals surface area contributed by atoms with E-state index in [2.05, 4.69) is 15.7 Å². The van der Waals surface area contributed by atoms with Gasteiger partial charge in [0.1, 0.15) is 18.2 Å². The molecule has 4 aromatic rings. The van der Waals surface area contributed by atoms with Crippen molar-refractivity contribution < 1.29 is 14.0 Å². The van der Waals surface area contributed by atoms with Gasteiger partial charge in [-0.25, -0.2) is 13.9 Å². The Kier molecular flexibility index (Phi) is 7.44. The summed E-state index contributed by atoms with van der Waals surface area (Å²) in [5.74, 6) is -0.332. The molecule has 4 rings (SSSR count). The summed E-state index contributed by atoms with van der Waals surface area (Å²) in [6.07, 6.45) is 0. The zero-order valence-electron chi connectivity index (χ0n) is 20.5. The fraction of sp³-hybridized carbons (Fsp3) is 0.179. The zero-order chi connectivity index (χ0) is 25.7. The number of hydrogen-bond donors (Lipinski definition) is 2. The molecule has 0 unspecified atom stereocenters. The van der Waals surface area contributed by atoms with Gasteiger partial charge in [-0.15, -0.1) is 0 Å². The molecule has 0 spiro atoms. The number of hydrogen-bond acceptors (Lipinski definition) is 3. The molecule has 36 heavy (non-hydrogen) atoms.